The maximum Gasteiger partial charge on any atom is 0.193 e. The Balaban J connectivity index is 1.29. The third-order valence-corrected chi connectivity index (χ3v) is 7.28. The van der Waals surface area contributed by atoms with Crippen molar-refractivity contribution in [2.75, 3.05) is 65.6 Å². The lowest BCUT2D eigenvalue weighted by Crippen LogP contribution is -2.47. The quantitative estimate of drug-likeness (QED) is 0.566. The summed E-state index contributed by atoms with van der Waals surface area (Å²) in [5.74, 6) is 1.80. The Hall–Kier alpha value is -1.15. The molecule has 3 saturated heterocycles. The zero-order valence-corrected chi connectivity index (χ0v) is 18.7. The minimum atomic E-state index is 0.652. The average molecular weight is 420 g/mol. The van der Waals surface area contributed by atoms with Gasteiger partial charge in [0.2, 0.25) is 0 Å². The molecule has 1 aromatic heterocycles. The van der Waals surface area contributed by atoms with E-state index in [2.05, 4.69) is 44.5 Å². The molecule has 0 aromatic carbocycles. The van der Waals surface area contributed by atoms with E-state index in [1.807, 2.05) is 11.3 Å². The standard InChI is InChI=1S/C22H37N5OS/c1-2-23-22(27-9-7-20(17-27)26-10-12-28-13-11-26)24-15-19-5-3-8-25(16-19)18-21-6-4-14-29-21/h4,6,14,19-20H,2-3,5,7-13,15-18H2,1H3,(H,23,24). The molecule has 7 heteroatoms. The number of morpholine rings is 1. The van der Waals surface area contributed by atoms with Crippen LogP contribution in [0.1, 0.15) is 31.1 Å². The summed E-state index contributed by atoms with van der Waals surface area (Å²) in [5, 5.41) is 5.74. The first-order valence-corrected chi connectivity index (χ1v) is 12.3. The molecule has 162 valence electrons. The number of thiophene rings is 1. The van der Waals surface area contributed by atoms with Crippen molar-refractivity contribution in [3.8, 4) is 0 Å². The van der Waals surface area contributed by atoms with Crippen LogP contribution in [0.3, 0.4) is 0 Å². The van der Waals surface area contributed by atoms with Gasteiger partial charge in [-0.05, 0) is 50.1 Å². The van der Waals surface area contributed by atoms with E-state index < -0.39 is 0 Å². The van der Waals surface area contributed by atoms with E-state index in [-0.39, 0.29) is 0 Å². The van der Waals surface area contributed by atoms with Crippen molar-refractivity contribution < 1.29 is 4.74 Å². The van der Waals surface area contributed by atoms with Crippen LogP contribution in [0.2, 0.25) is 0 Å². The van der Waals surface area contributed by atoms with Crippen LogP contribution in [-0.4, -0.2) is 92.3 Å². The van der Waals surface area contributed by atoms with Crippen molar-refractivity contribution in [2.24, 2.45) is 10.9 Å². The van der Waals surface area contributed by atoms with E-state index in [4.69, 9.17) is 9.73 Å². The molecule has 3 fully saturated rings. The number of hydrogen-bond donors (Lipinski definition) is 1. The Labute approximate surface area is 179 Å². The Morgan fingerprint density at radius 1 is 1.21 bits per heavy atom. The molecule has 3 aliphatic heterocycles. The molecule has 0 aliphatic carbocycles. The first-order valence-electron chi connectivity index (χ1n) is 11.4. The maximum atomic E-state index is 5.52. The van der Waals surface area contributed by atoms with E-state index in [0.29, 0.717) is 12.0 Å². The van der Waals surface area contributed by atoms with Gasteiger partial charge in [0.1, 0.15) is 0 Å². The summed E-state index contributed by atoms with van der Waals surface area (Å²) in [6, 6.07) is 5.07. The number of aliphatic imine (C=N–C) groups is 1. The van der Waals surface area contributed by atoms with Crippen LogP contribution in [0.15, 0.2) is 22.5 Å². The van der Waals surface area contributed by atoms with Crippen molar-refractivity contribution >= 4 is 17.3 Å². The second kappa shape index (κ2) is 10.8. The second-order valence-corrected chi connectivity index (χ2v) is 9.59. The number of ether oxygens (including phenoxy) is 1. The van der Waals surface area contributed by atoms with Crippen LogP contribution in [0.25, 0.3) is 0 Å². The Morgan fingerprint density at radius 2 is 2.10 bits per heavy atom. The molecule has 1 N–H and O–H groups in total. The molecule has 0 bridgehead atoms. The number of likely N-dealkylation sites (tertiary alicyclic amines) is 2. The van der Waals surface area contributed by atoms with Crippen molar-refractivity contribution in [2.45, 2.75) is 38.8 Å². The first-order chi connectivity index (χ1) is 14.3. The van der Waals surface area contributed by atoms with Gasteiger partial charge in [-0.3, -0.25) is 14.8 Å². The maximum absolute atomic E-state index is 5.52. The fourth-order valence-corrected chi connectivity index (χ4v) is 5.63. The van der Waals surface area contributed by atoms with Gasteiger partial charge in [-0.15, -0.1) is 11.3 Å². The van der Waals surface area contributed by atoms with Crippen LogP contribution in [-0.2, 0) is 11.3 Å². The summed E-state index contributed by atoms with van der Waals surface area (Å²) in [4.78, 5) is 14.3. The highest BCUT2D eigenvalue weighted by atomic mass is 32.1. The Morgan fingerprint density at radius 3 is 2.90 bits per heavy atom. The number of piperidine rings is 1. The fraction of sp³-hybridized carbons (Fsp3) is 0.773. The lowest BCUT2D eigenvalue weighted by Gasteiger charge is -2.33. The van der Waals surface area contributed by atoms with Gasteiger partial charge in [0.15, 0.2) is 5.96 Å². The van der Waals surface area contributed by atoms with E-state index >= 15 is 0 Å². The zero-order valence-electron chi connectivity index (χ0n) is 17.9. The van der Waals surface area contributed by atoms with Gasteiger partial charge in [-0.1, -0.05) is 6.07 Å². The van der Waals surface area contributed by atoms with Crippen LogP contribution in [0, 0.1) is 5.92 Å². The lowest BCUT2D eigenvalue weighted by molar-refractivity contribution is 0.0195. The van der Waals surface area contributed by atoms with Gasteiger partial charge >= 0.3 is 0 Å². The smallest absolute Gasteiger partial charge is 0.193 e. The molecule has 0 spiro atoms. The molecular formula is C22H37N5OS. The molecule has 0 amide bonds. The van der Waals surface area contributed by atoms with E-state index in [1.165, 1.54) is 37.2 Å². The predicted octanol–water partition coefficient (Wildman–Crippen LogP) is 2.33. The van der Waals surface area contributed by atoms with Gasteiger partial charge < -0.3 is 15.0 Å². The van der Waals surface area contributed by atoms with Crippen LogP contribution in [0.4, 0.5) is 0 Å². The molecular weight excluding hydrogens is 382 g/mol. The number of nitrogens with one attached hydrogen (secondary N) is 1. The average Bonchev–Trinajstić information content (AvgIpc) is 3.44. The zero-order chi connectivity index (χ0) is 19.9. The van der Waals surface area contributed by atoms with Gasteiger partial charge in [0.05, 0.1) is 13.2 Å². The third kappa shape index (κ3) is 5.94. The van der Waals surface area contributed by atoms with Crippen LogP contribution >= 0.6 is 11.3 Å². The highest BCUT2D eigenvalue weighted by Gasteiger charge is 2.30. The molecule has 4 heterocycles. The molecule has 1 aromatic rings. The number of guanidine groups is 1. The largest absolute Gasteiger partial charge is 0.379 e. The summed E-state index contributed by atoms with van der Waals surface area (Å²) in [7, 11) is 0. The van der Waals surface area contributed by atoms with E-state index in [9.17, 15) is 0 Å². The monoisotopic (exact) mass is 419 g/mol. The first kappa shape index (κ1) is 21.1. The summed E-state index contributed by atoms with van der Waals surface area (Å²) in [5.41, 5.74) is 0. The number of hydrogen-bond acceptors (Lipinski definition) is 5. The number of nitrogens with zero attached hydrogens (tertiary/aromatic N) is 4. The van der Waals surface area contributed by atoms with E-state index in [1.54, 1.807) is 0 Å². The molecule has 2 unspecified atom stereocenters. The van der Waals surface area contributed by atoms with Crippen LogP contribution in [0.5, 0.6) is 0 Å². The molecule has 0 saturated carbocycles. The number of rotatable bonds is 6. The Bertz CT molecular complexity index is 631. The van der Waals surface area contributed by atoms with Crippen molar-refractivity contribution in [3.05, 3.63) is 22.4 Å². The molecule has 2 atom stereocenters. The highest BCUT2D eigenvalue weighted by molar-refractivity contribution is 7.09. The molecule has 0 radical (unpaired) electrons. The SMILES string of the molecule is CCNC(=NCC1CCCN(Cc2cccs2)C1)N1CCC(N2CCOCC2)C1. The highest BCUT2D eigenvalue weighted by Crippen LogP contribution is 2.21. The van der Waals surface area contributed by atoms with Gasteiger partial charge in [0.25, 0.3) is 0 Å². The van der Waals surface area contributed by atoms with Crippen LogP contribution < -0.4 is 5.32 Å². The van der Waals surface area contributed by atoms with Crippen molar-refractivity contribution in [1.82, 2.24) is 20.0 Å². The Kier molecular flexibility index (Phi) is 7.82. The third-order valence-electron chi connectivity index (χ3n) is 6.42. The predicted molar refractivity (Wildman–Crippen MR) is 121 cm³/mol. The van der Waals surface area contributed by atoms with Gasteiger partial charge in [0, 0.05) is 63.3 Å². The molecule has 6 nitrogen and oxygen atoms in total. The molecule has 29 heavy (non-hydrogen) atoms. The minimum Gasteiger partial charge on any atom is -0.379 e. The normalized spacial score (nSPS) is 27.5. The van der Waals surface area contributed by atoms with E-state index in [0.717, 1.165) is 65.0 Å². The summed E-state index contributed by atoms with van der Waals surface area (Å²) >= 11 is 1.87. The summed E-state index contributed by atoms with van der Waals surface area (Å²) in [6.07, 6.45) is 3.84. The fourth-order valence-electron chi connectivity index (χ4n) is 4.88. The topological polar surface area (TPSA) is 43.3 Å². The summed E-state index contributed by atoms with van der Waals surface area (Å²) < 4.78 is 5.52. The lowest BCUT2D eigenvalue weighted by atomic mass is 9.98. The minimum absolute atomic E-state index is 0.652. The van der Waals surface area contributed by atoms with Gasteiger partial charge in [-0.2, -0.15) is 0 Å². The molecule has 3 aliphatic rings. The molecule has 4 rings (SSSR count). The van der Waals surface area contributed by atoms with Gasteiger partial charge in [-0.25, -0.2) is 0 Å². The summed E-state index contributed by atoms with van der Waals surface area (Å²) in [6.45, 7) is 13.7. The van der Waals surface area contributed by atoms with Crippen molar-refractivity contribution in [1.29, 1.82) is 0 Å². The van der Waals surface area contributed by atoms with Crippen molar-refractivity contribution in [3.63, 3.8) is 0 Å². The second-order valence-electron chi connectivity index (χ2n) is 8.55.